The molecule has 0 unspecified atom stereocenters. The molecular formula is C21H23N3O. The summed E-state index contributed by atoms with van der Waals surface area (Å²) in [6, 6.07) is 3.75. The summed E-state index contributed by atoms with van der Waals surface area (Å²) in [5.41, 5.74) is 4.19. The fourth-order valence-corrected chi connectivity index (χ4v) is 3.06. The van der Waals surface area contributed by atoms with Crippen LogP contribution in [0.2, 0.25) is 0 Å². The number of hydrogen-bond donors (Lipinski definition) is 0. The highest BCUT2D eigenvalue weighted by molar-refractivity contribution is 6.08. The summed E-state index contributed by atoms with van der Waals surface area (Å²) in [5, 5.41) is 0. The van der Waals surface area contributed by atoms with E-state index in [4.69, 9.17) is 4.98 Å². The van der Waals surface area contributed by atoms with Crippen LogP contribution >= 0.6 is 0 Å². The second kappa shape index (κ2) is 7.94. The average Bonchev–Trinajstić information content (AvgIpc) is 2.87. The lowest BCUT2D eigenvalue weighted by Gasteiger charge is -2.08. The smallest absolute Gasteiger partial charge is 0.261 e. The van der Waals surface area contributed by atoms with E-state index in [2.05, 4.69) is 23.8 Å². The van der Waals surface area contributed by atoms with Crippen molar-refractivity contribution in [3.8, 4) is 11.8 Å². The van der Waals surface area contributed by atoms with Gasteiger partial charge in [0.1, 0.15) is 11.4 Å². The lowest BCUT2D eigenvalue weighted by molar-refractivity contribution is 0.708. The molecule has 25 heavy (non-hydrogen) atoms. The fraction of sp³-hybridized carbons (Fsp3) is 0.381. The molecular weight excluding hydrogens is 310 g/mol. The van der Waals surface area contributed by atoms with Gasteiger partial charge in [0.05, 0.1) is 5.69 Å². The first kappa shape index (κ1) is 17.2. The van der Waals surface area contributed by atoms with Gasteiger partial charge in [-0.2, -0.15) is 0 Å². The van der Waals surface area contributed by atoms with Crippen molar-refractivity contribution in [2.24, 2.45) is 4.99 Å². The Kier molecular flexibility index (Phi) is 5.45. The molecule has 0 N–H and O–H groups in total. The van der Waals surface area contributed by atoms with Gasteiger partial charge in [0.25, 0.3) is 5.56 Å². The van der Waals surface area contributed by atoms with Gasteiger partial charge >= 0.3 is 0 Å². The first-order valence-corrected chi connectivity index (χ1v) is 8.92. The van der Waals surface area contributed by atoms with Gasteiger partial charge in [-0.15, -0.1) is 0 Å². The maximum atomic E-state index is 12.7. The van der Waals surface area contributed by atoms with E-state index in [0.717, 1.165) is 61.1 Å². The molecule has 0 spiro atoms. The van der Waals surface area contributed by atoms with Crippen molar-refractivity contribution >= 4 is 11.4 Å². The van der Waals surface area contributed by atoms with Crippen LogP contribution in [0.25, 0.3) is 5.65 Å². The minimum absolute atomic E-state index is 0.0723. The summed E-state index contributed by atoms with van der Waals surface area (Å²) in [7, 11) is 1.74. The van der Waals surface area contributed by atoms with Crippen LogP contribution < -0.4 is 5.56 Å². The van der Waals surface area contributed by atoms with Crippen LogP contribution in [0.5, 0.6) is 0 Å². The van der Waals surface area contributed by atoms with E-state index >= 15 is 0 Å². The van der Waals surface area contributed by atoms with Crippen LogP contribution in [0.4, 0.5) is 0 Å². The highest BCUT2D eigenvalue weighted by atomic mass is 16.1. The van der Waals surface area contributed by atoms with Gasteiger partial charge in [0, 0.05) is 24.4 Å². The highest BCUT2D eigenvalue weighted by Gasteiger charge is 2.15. The average molecular weight is 333 g/mol. The number of aliphatic imine (C=N–C) groups is 1. The minimum atomic E-state index is 0.0723. The van der Waals surface area contributed by atoms with Crippen molar-refractivity contribution in [1.29, 1.82) is 0 Å². The standard InChI is InChI=1S/C21H23N3O/c1-3-4-8-17(22-2)12-11-16-13-14-24-20(15-16)23-19-10-7-5-6-9-18(19)21(24)25/h4,8,13-15H,3,5-7,9-10H2,1-2H3/b8-4-,22-17?. The predicted molar refractivity (Wildman–Crippen MR) is 102 cm³/mol. The molecule has 0 saturated carbocycles. The molecule has 2 aromatic rings. The predicted octanol–water partition coefficient (Wildman–Crippen LogP) is 3.35. The second-order valence-electron chi connectivity index (χ2n) is 6.22. The molecule has 4 heteroatoms. The zero-order valence-corrected chi connectivity index (χ0v) is 14.9. The van der Waals surface area contributed by atoms with Crippen molar-refractivity contribution in [2.45, 2.75) is 45.4 Å². The summed E-state index contributed by atoms with van der Waals surface area (Å²) in [5.74, 6) is 6.19. The van der Waals surface area contributed by atoms with Crippen LogP contribution in [-0.4, -0.2) is 22.1 Å². The van der Waals surface area contributed by atoms with E-state index < -0.39 is 0 Å². The summed E-state index contributed by atoms with van der Waals surface area (Å²) in [6.45, 7) is 2.08. The number of fused-ring (bicyclic) bond motifs is 2. The Morgan fingerprint density at radius 3 is 3.00 bits per heavy atom. The number of hydrogen-bond acceptors (Lipinski definition) is 3. The zero-order chi connectivity index (χ0) is 17.6. The van der Waals surface area contributed by atoms with E-state index in [0.29, 0.717) is 5.65 Å². The van der Waals surface area contributed by atoms with E-state index in [1.165, 1.54) is 0 Å². The lowest BCUT2D eigenvalue weighted by Crippen LogP contribution is -2.22. The van der Waals surface area contributed by atoms with Crippen LogP contribution in [0.1, 0.15) is 49.4 Å². The van der Waals surface area contributed by atoms with Crippen LogP contribution in [-0.2, 0) is 12.8 Å². The summed E-state index contributed by atoms with van der Waals surface area (Å²) in [4.78, 5) is 21.6. The molecule has 0 bridgehead atoms. The summed E-state index contributed by atoms with van der Waals surface area (Å²) < 4.78 is 1.64. The number of allylic oxidation sites excluding steroid dienone is 2. The Bertz CT molecular complexity index is 955. The summed E-state index contributed by atoms with van der Waals surface area (Å²) >= 11 is 0. The van der Waals surface area contributed by atoms with Gasteiger partial charge in [0.15, 0.2) is 0 Å². The molecule has 0 aliphatic heterocycles. The number of pyridine rings is 1. The van der Waals surface area contributed by atoms with Crippen molar-refractivity contribution in [3.05, 3.63) is 57.7 Å². The van der Waals surface area contributed by atoms with Crippen LogP contribution in [0.15, 0.2) is 40.3 Å². The monoisotopic (exact) mass is 333 g/mol. The molecule has 2 heterocycles. The van der Waals surface area contributed by atoms with Crippen LogP contribution in [0.3, 0.4) is 0 Å². The van der Waals surface area contributed by atoms with Gasteiger partial charge in [0.2, 0.25) is 0 Å². The van der Waals surface area contributed by atoms with Gasteiger partial charge < -0.3 is 0 Å². The van der Waals surface area contributed by atoms with Gasteiger partial charge in [-0.25, -0.2) is 4.98 Å². The Hall–Kier alpha value is -2.67. The fourth-order valence-electron chi connectivity index (χ4n) is 3.06. The topological polar surface area (TPSA) is 46.7 Å². The maximum absolute atomic E-state index is 12.7. The molecule has 0 atom stereocenters. The van der Waals surface area contributed by atoms with Gasteiger partial charge in [-0.05, 0) is 56.2 Å². The molecule has 0 saturated heterocycles. The molecule has 1 aliphatic carbocycles. The third-order valence-electron chi connectivity index (χ3n) is 4.44. The molecule has 0 fully saturated rings. The number of rotatable bonds is 2. The maximum Gasteiger partial charge on any atom is 0.261 e. The molecule has 0 radical (unpaired) electrons. The molecule has 0 aromatic carbocycles. The highest BCUT2D eigenvalue weighted by Crippen LogP contribution is 2.17. The molecule has 2 aromatic heterocycles. The Labute approximate surface area is 148 Å². The largest absolute Gasteiger partial charge is 0.280 e. The molecule has 3 rings (SSSR count). The van der Waals surface area contributed by atoms with E-state index in [1.807, 2.05) is 24.3 Å². The Balaban J connectivity index is 2.01. The van der Waals surface area contributed by atoms with E-state index in [1.54, 1.807) is 17.6 Å². The van der Waals surface area contributed by atoms with Crippen molar-refractivity contribution in [2.75, 3.05) is 7.05 Å². The van der Waals surface area contributed by atoms with Crippen molar-refractivity contribution in [3.63, 3.8) is 0 Å². The number of aryl methyl sites for hydroxylation is 1. The molecule has 0 amide bonds. The quantitative estimate of drug-likeness (QED) is 0.481. The lowest BCUT2D eigenvalue weighted by atomic mass is 10.1. The molecule has 1 aliphatic rings. The number of aromatic nitrogens is 2. The SMILES string of the molecule is CC/C=C\C(C#Cc1ccn2c(=O)c3c(nc2c1)CCCCC3)=NC. The molecule has 4 nitrogen and oxygen atoms in total. The second-order valence-corrected chi connectivity index (χ2v) is 6.22. The normalized spacial score (nSPS) is 14.9. The zero-order valence-electron chi connectivity index (χ0n) is 14.9. The van der Waals surface area contributed by atoms with E-state index in [9.17, 15) is 4.79 Å². The first-order valence-electron chi connectivity index (χ1n) is 8.92. The minimum Gasteiger partial charge on any atom is -0.280 e. The van der Waals surface area contributed by atoms with Crippen LogP contribution in [0, 0.1) is 11.8 Å². The third-order valence-corrected chi connectivity index (χ3v) is 4.44. The Morgan fingerprint density at radius 2 is 2.20 bits per heavy atom. The van der Waals surface area contributed by atoms with Gasteiger partial charge in [-0.3, -0.25) is 14.2 Å². The van der Waals surface area contributed by atoms with Crippen molar-refractivity contribution < 1.29 is 0 Å². The summed E-state index contributed by atoms with van der Waals surface area (Å²) in [6.07, 6.45) is 11.8. The third kappa shape index (κ3) is 3.88. The number of nitrogens with zero attached hydrogens (tertiary/aromatic N) is 3. The molecule has 128 valence electrons. The first-order chi connectivity index (χ1) is 12.2. The van der Waals surface area contributed by atoms with E-state index in [-0.39, 0.29) is 5.56 Å². The van der Waals surface area contributed by atoms with Crippen molar-refractivity contribution in [1.82, 2.24) is 9.38 Å². The van der Waals surface area contributed by atoms with Gasteiger partial charge in [-0.1, -0.05) is 25.3 Å². The Morgan fingerprint density at radius 1 is 1.36 bits per heavy atom.